The maximum atomic E-state index is 12.5. The summed E-state index contributed by atoms with van der Waals surface area (Å²) in [7, 11) is -2.69. The summed E-state index contributed by atoms with van der Waals surface area (Å²) in [5, 5.41) is 28.6. The van der Waals surface area contributed by atoms with Crippen molar-refractivity contribution in [3.05, 3.63) is 59.9 Å². The number of hydrogen-bond acceptors (Lipinski definition) is 7. The van der Waals surface area contributed by atoms with Crippen LogP contribution in [-0.2, 0) is 24.4 Å². The highest BCUT2D eigenvalue weighted by Crippen LogP contribution is 2.34. The van der Waals surface area contributed by atoms with E-state index in [1.807, 2.05) is 0 Å². The molecule has 164 valence electrons. The second-order valence-electron chi connectivity index (χ2n) is 6.12. The number of anilines is 1. The molecule has 0 fully saturated rings. The van der Waals surface area contributed by atoms with Gasteiger partial charge < -0.3 is 20.6 Å². The number of carbonyl (C=O) groups is 3. The van der Waals surface area contributed by atoms with Crippen molar-refractivity contribution < 1.29 is 38.1 Å². The van der Waals surface area contributed by atoms with E-state index in [1.165, 1.54) is 25.4 Å². The van der Waals surface area contributed by atoms with E-state index < -0.39 is 33.6 Å². The summed E-state index contributed by atoms with van der Waals surface area (Å²) in [6.07, 6.45) is 0.894. The first-order valence-corrected chi connectivity index (χ1v) is 10.2. The number of hydrogen-bond donors (Lipinski definition) is 4. The van der Waals surface area contributed by atoms with Gasteiger partial charge in [-0.3, -0.25) is 18.7 Å². The normalized spacial score (nSPS) is 14.0. The average Bonchev–Trinajstić information content (AvgIpc) is 2.72. The number of aliphatic carboxylic acids is 2. The van der Waals surface area contributed by atoms with Crippen molar-refractivity contribution >= 4 is 39.4 Å². The third-order valence-corrected chi connectivity index (χ3v) is 5.81. The lowest BCUT2D eigenvalue weighted by Crippen LogP contribution is -2.37. The zero-order chi connectivity index (χ0) is 23.2. The zero-order valence-electron chi connectivity index (χ0n) is 16.2. The van der Waals surface area contributed by atoms with Gasteiger partial charge in [0.1, 0.15) is 5.82 Å². The number of likely N-dealkylation sites (N-methyl/N-ethyl adjacent to an activating group) is 1. The fourth-order valence-electron chi connectivity index (χ4n) is 2.51. The van der Waals surface area contributed by atoms with Crippen molar-refractivity contribution in [3.63, 3.8) is 0 Å². The summed E-state index contributed by atoms with van der Waals surface area (Å²) in [4.78, 5) is 35.6. The lowest BCUT2D eigenvalue weighted by molar-refractivity contribution is -0.143. The van der Waals surface area contributed by atoms with Crippen molar-refractivity contribution in [1.82, 2.24) is 9.29 Å². The number of amides is 1. The van der Waals surface area contributed by atoms with Gasteiger partial charge in [-0.15, -0.1) is 0 Å². The molecule has 1 aromatic carbocycles. The summed E-state index contributed by atoms with van der Waals surface area (Å²) < 4.78 is 25.8. The molecule has 0 unspecified atom stereocenters. The molecule has 0 bridgehead atoms. The predicted molar refractivity (Wildman–Crippen MR) is 108 cm³/mol. The second-order valence-corrected chi connectivity index (χ2v) is 8.06. The number of aromatic nitrogens is 1. The van der Waals surface area contributed by atoms with E-state index in [4.69, 9.17) is 10.2 Å². The number of sulfonamides is 1. The summed E-state index contributed by atoms with van der Waals surface area (Å²) in [5.41, 5.74) is -0.258. The van der Waals surface area contributed by atoms with Crippen LogP contribution in [0.25, 0.3) is 5.76 Å². The fourth-order valence-corrected chi connectivity index (χ4v) is 3.91. The Labute approximate surface area is 177 Å². The van der Waals surface area contributed by atoms with Crippen LogP contribution < -0.4 is 5.32 Å². The van der Waals surface area contributed by atoms with Gasteiger partial charge in [-0.1, -0.05) is 18.2 Å². The molecule has 0 radical (unpaired) electrons. The van der Waals surface area contributed by atoms with E-state index in [1.54, 1.807) is 30.3 Å². The Balaban J connectivity index is 0.000000366. The molecule has 31 heavy (non-hydrogen) atoms. The largest absolute Gasteiger partial charge is 0.505 e. The lowest BCUT2D eigenvalue weighted by atomic mass is 10.1. The summed E-state index contributed by atoms with van der Waals surface area (Å²) >= 11 is 0. The van der Waals surface area contributed by atoms with Gasteiger partial charge in [-0.2, -0.15) is 0 Å². The smallest absolute Gasteiger partial charge is 0.303 e. The van der Waals surface area contributed by atoms with Crippen LogP contribution >= 0.6 is 0 Å². The number of carboxylic acids is 2. The van der Waals surface area contributed by atoms with Crippen molar-refractivity contribution in [3.8, 4) is 0 Å². The number of nitrogens with one attached hydrogen (secondary N) is 1. The first-order valence-electron chi connectivity index (χ1n) is 8.73. The van der Waals surface area contributed by atoms with Crippen LogP contribution in [0.1, 0.15) is 18.4 Å². The highest BCUT2D eigenvalue weighted by molar-refractivity contribution is 7.89. The molecule has 2 heterocycles. The van der Waals surface area contributed by atoms with Crippen LogP contribution in [0.4, 0.5) is 5.82 Å². The molecule has 1 amide bonds. The molecule has 1 aliphatic rings. The number of aliphatic hydroxyl groups excluding tert-OH is 1. The summed E-state index contributed by atoms with van der Waals surface area (Å²) in [5.74, 6) is -3.06. The third kappa shape index (κ3) is 5.57. The van der Waals surface area contributed by atoms with Crippen LogP contribution in [0.3, 0.4) is 0 Å². The fraction of sp³-hybridized carbons (Fsp3) is 0.158. The van der Waals surface area contributed by atoms with Crippen LogP contribution in [-0.4, -0.2) is 57.9 Å². The van der Waals surface area contributed by atoms with Gasteiger partial charge in [0.05, 0.1) is 17.7 Å². The zero-order valence-corrected chi connectivity index (χ0v) is 17.0. The average molecular weight is 449 g/mol. The number of aliphatic hydroxyl groups is 1. The molecule has 11 nitrogen and oxygen atoms in total. The Morgan fingerprint density at radius 1 is 1.00 bits per heavy atom. The van der Waals surface area contributed by atoms with Crippen molar-refractivity contribution in [1.29, 1.82) is 0 Å². The molecule has 0 atom stereocenters. The topological polar surface area (TPSA) is 174 Å². The quantitative estimate of drug-likeness (QED) is 0.527. The molecule has 2 aromatic rings. The molecule has 0 saturated heterocycles. The standard InChI is InChI=1S/C15H13N3O4S.C4H6O4/c1-18-13(15(20)17-12-8-4-5-9-16-12)14(19)10-6-2-3-7-11(10)23(18,21)22;5-3(6)1-2-4(7)8/h2-9,19H,1H3,(H,16,17,20);1-2H2,(H,5,6)(H,7,8). The summed E-state index contributed by atoms with van der Waals surface area (Å²) in [6.45, 7) is 0. The van der Waals surface area contributed by atoms with E-state index in [0.717, 1.165) is 4.31 Å². The van der Waals surface area contributed by atoms with E-state index >= 15 is 0 Å². The molecule has 0 aliphatic carbocycles. The monoisotopic (exact) mass is 449 g/mol. The third-order valence-electron chi connectivity index (χ3n) is 3.99. The van der Waals surface area contributed by atoms with Gasteiger partial charge in [0.2, 0.25) is 0 Å². The van der Waals surface area contributed by atoms with E-state index in [0.29, 0.717) is 0 Å². The van der Waals surface area contributed by atoms with Gasteiger partial charge in [0.15, 0.2) is 11.5 Å². The highest BCUT2D eigenvalue weighted by Gasteiger charge is 2.37. The number of carbonyl (C=O) groups excluding carboxylic acids is 1. The van der Waals surface area contributed by atoms with E-state index in [2.05, 4.69) is 10.3 Å². The van der Waals surface area contributed by atoms with Crippen molar-refractivity contribution in [2.45, 2.75) is 17.7 Å². The molecule has 1 aromatic heterocycles. The Kier molecular flexibility index (Phi) is 7.32. The minimum Gasteiger partial charge on any atom is -0.505 e. The van der Waals surface area contributed by atoms with Crippen LogP contribution in [0.2, 0.25) is 0 Å². The SMILES string of the molecule is CN1C(C(=O)Nc2ccccn2)=C(O)c2ccccc2S1(=O)=O.O=C(O)CCC(=O)O. The van der Waals surface area contributed by atoms with Gasteiger partial charge in [0, 0.05) is 18.8 Å². The number of nitrogens with zero attached hydrogens (tertiary/aromatic N) is 2. The molecular formula is C19H19N3O8S. The predicted octanol–water partition coefficient (Wildman–Crippen LogP) is 1.52. The minimum atomic E-state index is -3.91. The van der Waals surface area contributed by atoms with Crippen molar-refractivity contribution in [2.24, 2.45) is 0 Å². The van der Waals surface area contributed by atoms with E-state index in [-0.39, 0.29) is 34.8 Å². The van der Waals surface area contributed by atoms with Crippen LogP contribution in [0.15, 0.2) is 59.3 Å². The molecule has 0 saturated carbocycles. The summed E-state index contributed by atoms with van der Waals surface area (Å²) in [6, 6.07) is 10.9. The Hall–Kier alpha value is -3.93. The Morgan fingerprint density at radius 2 is 1.58 bits per heavy atom. The number of fused-ring (bicyclic) bond motifs is 1. The first-order chi connectivity index (χ1) is 14.6. The number of pyridine rings is 1. The molecule has 4 N–H and O–H groups in total. The maximum Gasteiger partial charge on any atom is 0.303 e. The van der Waals surface area contributed by atoms with E-state index in [9.17, 15) is 27.9 Å². The Bertz CT molecular complexity index is 1120. The molecule has 0 spiro atoms. The molecule has 12 heteroatoms. The van der Waals surface area contributed by atoms with Gasteiger partial charge in [-0.25, -0.2) is 13.4 Å². The molecule has 1 aliphatic heterocycles. The maximum absolute atomic E-state index is 12.5. The molecular weight excluding hydrogens is 430 g/mol. The molecule has 3 rings (SSSR count). The van der Waals surface area contributed by atoms with Crippen LogP contribution in [0, 0.1) is 0 Å². The number of carboxylic acid groups (broad SMARTS) is 2. The highest BCUT2D eigenvalue weighted by atomic mass is 32.2. The van der Waals surface area contributed by atoms with Crippen molar-refractivity contribution in [2.75, 3.05) is 12.4 Å². The second kappa shape index (κ2) is 9.71. The first kappa shape index (κ1) is 23.3. The number of benzene rings is 1. The Morgan fingerprint density at radius 3 is 2.13 bits per heavy atom. The number of rotatable bonds is 5. The lowest BCUT2D eigenvalue weighted by Gasteiger charge is -2.28. The van der Waals surface area contributed by atoms with Gasteiger partial charge in [-0.05, 0) is 24.3 Å². The van der Waals surface area contributed by atoms with Gasteiger partial charge >= 0.3 is 11.9 Å². The van der Waals surface area contributed by atoms with Gasteiger partial charge in [0.25, 0.3) is 15.9 Å². The van der Waals surface area contributed by atoms with Crippen LogP contribution in [0.5, 0.6) is 0 Å². The minimum absolute atomic E-state index is 0.0469.